The second-order valence-corrected chi connectivity index (χ2v) is 7.40. The van der Waals surface area contributed by atoms with Crippen LogP contribution in [0.2, 0.25) is 0 Å². The number of thioether (sulfide) groups is 1. The highest BCUT2D eigenvalue weighted by molar-refractivity contribution is 8.13. The van der Waals surface area contributed by atoms with E-state index in [-0.39, 0.29) is 18.0 Å². The molecule has 0 amide bonds. The molecule has 0 radical (unpaired) electrons. The standard InChI is InChI=1S/C21H20N2O4S/c1-22-21(28-2)19(23(26)27)17(13-8-4-3-5-9-13)18-16(24)12-14-10-6-7-11-15(14)20(18)25/h3-11,17-19H,12H2,1-2H3. The van der Waals surface area contributed by atoms with Gasteiger partial charge in [0.2, 0.25) is 0 Å². The zero-order chi connectivity index (χ0) is 20.3. The maximum Gasteiger partial charge on any atom is 0.267 e. The van der Waals surface area contributed by atoms with Crippen molar-refractivity contribution in [3.05, 3.63) is 81.4 Å². The van der Waals surface area contributed by atoms with Crippen molar-refractivity contribution in [2.75, 3.05) is 13.3 Å². The third kappa shape index (κ3) is 3.62. The van der Waals surface area contributed by atoms with Crippen molar-refractivity contribution >= 4 is 28.4 Å². The Morgan fingerprint density at radius 1 is 1.14 bits per heavy atom. The third-order valence-electron chi connectivity index (χ3n) is 5.07. The van der Waals surface area contributed by atoms with Gasteiger partial charge in [-0.25, -0.2) is 0 Å². The Morgan fingerprint density at radius 3 is 2.39 bits per heavy atom. The average molecular weight is 396 g/mol. The fourth-order valence-electron chi connectivity index (χ4n) is 3.84. The molecule has 0 aromatic heterocycles. The van der Waals surface area contributed by atoms with E-state index in [0.717, 1.165) is 0 Å². The summed E-state index contributed by atoms with van der Waals surface area (Å²) in [5, 5.41) is 12.4. The van der Waals surface area contributed by atoms with E-state index in [9.17, 15) is 19.7 Å². The molecule has 0 spiro atoms. The summed E-state index contributed by atoms with van der Waals surface area (Å²) in [6.45, 7) is 0. The van der Waals surface area contributed by atoms with Crippen LogP contribution in [0.1, 0.15) is 27.4 Å². The second kappa shape index (κ2) is 8.48. The monoisotopic (exact) mass is 396 g/mol. The lowest BCUT2D eigenvalue weighted by Crippen LogP contribution is -2.45. The number of Topliss-reactive ketones (excluding diaryl/α,β-unsaturated/α-hetero) is 2. The summed E-state index contributed by atoms with van der Waals surface area (Å²) in [5.74, 6) is -2.68. The first-order valence-electron chi connectivity index (χ1n) is 8.83. The first kappa shape index (κ1) is 19.9. The smallest absolute Gasteiger partial charge is 0.267 e. The number of aliphatic imine (C=N–C) groups is 1. The summed E-state index contributed by atoms with van der Waals surface area (Å²) in [6.07, 6.45) is 1.80. The third-order valence-corrected chi connectivity index (χ3v) is 5.91. The second-order valence-electron chi connectivity index (χ2n) is 6.57. The van der Waals surface area contributed by atoms with Crippen LogP contribution in [0, 0.1) is 16.0 Å². The molecule has 144 valence electrons. The van der Waals surface area contributed by atoms with E-state index in [2.05, 4.69) is 4.99 Å². The molecular weight excluding hydrogens is 376 g/mol. The molecular formula is C21H20N2O4S. The zero-order valence-electron chi connectivity index (χ0n) is 15.6. The van der Waals surface area contributed by atoms with Gasteiger partial charge in [0, 0.05) is 24.0 Å². The normalized spacial score (nSPS) is 19.1. The minimum Gasteiger partial charge on any atom is -0.298 e. The Balaban J connectivity index is 2.19. The van der Waals surface area contributed by atoms with Gasteiger partial charge >= 0.3 is 0 Å². The summed E-state index contributed by atoms with van der Waals surface area (Å²) in [6, 6.07) is 14.5. The SMILES string of the molecule is CN=C(SC)C(C(c1ccccc1)C1C(=O)Cc2ccccc2C1=O)[N+](=O)[O-]. The van der Waals surface area contributed by atoms with Crippen LogP contribution in [-0.4, -0.2) is 40.9 Å². The van der Waals surface area contributed by atoms with Crippen molar-refractivity contribution in [2.45, 2.75) is 18.4 Å². The Hall–Kier alpha value is -2.80. The fourth-order valence-corrected chi connectivity index (χ4v) is 4.50. The number of rotatable bonds is 5. The molecule has 6 nitrogen and oxygen atoms in total. The number of ketones is 2. The quantitative estimate of drug-likeness (QED) is 0.254. The van der Waals surface area contributed by atoms with Gasteiger partial charge in [-0.15, -0.1) is 11.8 Å². The molecule has 0 heterocycles. The topological polar surface area (TPSA) is 89.6 Å². The Kier molecular flexibility index (Phi) is 6.04. The number of benzene rings is 2. The van der Waals surface area contributed by atoms with Gasteiger partial charge in [0.1, 0.15) is 10.8 Å². The van der Waals surface area contributed by atoms with Crippen LogP contribution in [0.15, 0.2) is 59.6 Å². The maximum absolute atomic E-state index is 13.3. The van der Waals surface area contributed by atoms with Gasteiger partial charge in [-0.05, 0) is 17.4 Å². The number of hydrogen-bond donors (Lipinski definition) is 0. The van der Waals surface area contributed by atoms with Crippen LogP contribution in [0.3, 0.4) is 0 Å². The van der Waals surface area contributed by atoms with E-state index >= 15 is 0 Å². The van der Waals surface area contributed by atoms with Gasteiger partial charge in [-0.2, -0.15) is 0 Å². The van der Waals surface area contributed by atoms with Crippen molar-refractivity contribution in [2.24, 2.45) is 10.9 Å². The minimum atomic E-state index is -1.27. The molecule has 1 aliphatic rings. The molecule has 0 fully saturated rings. The van der Waals surface area contributed by atoms with E-state index in [1.165, 1.54) is 18.8 Å². The molecule has 0 saturated carbocycles. The molecule has 28 heavy (non-hydrogen) atoms. The highest BCUT2D eigenvalue weighted by Crippen LogP contribution is 2.38. The highest BCUT2D eigenvalue weighted by atomic mass is 32.2. The summed E-state index contributed by atoms with van der Waals surface area (Å²) >= 11 is 1.17. The molecule has 3 rings (SSSR count). The lowest BCUT2D eigenvalue weighted by Gasteiger charge is -2.31. The van der Waals surface area contributed by atoms with Crippen LogP contribution >= 0.6 is 11.8 Å². The molecule has 2 aromatic carbocycles. The lowest BCUT2D eigenvalue weighted by molar-refractivity contribution is -0.506. The van der Waals surface area contributed by atoms with Crippen molar-refractivity contribution in [1.29, 1.82) is 0 Å². The number of fused-ring (bicyclic) bond motifs is 1. The molecule has 0 saturated heterocycles. The van der Waals surface area contributed by atoms with E-state index in [0.29, 0.717) is 21.7 Å². The largest absolute Gasteiger partial charge is 0.298 e. The van der Waals surface area contributed by atoms with Crippen LogP contribution < -0.4 is 0 Å². The van der Waals surface area contributed by atoms with Crippen LogP contribution in [0.4, 0.5) is 0 Å². The number of carbonyl (C=O) groups is 2. The molecule has 1 aliphatic carbocycles. The molecule has 0 aliphatic heterocycles. The first-order chi connectivity index (χ1) is 13.5. The zero-order valence-corrected chi connectivity index (χ0v) is 16.4. The van der Waals surface area contributed by atoms with Gasteiger partial charge in [0.05, 0.1) is 11.8 Å². The van der Waals surface area contributed by atoms with Crippen molar-refractivity contribution in [3.63, 3.8) is 0 Å². The Morgan fingerprint density at radius 2 is 1.79 bits per heavy atom. The Bertz CT molecular complexity index is 942. The average Bonchev–Trinajstić information content (AvgIpc) is 2.70. The highest BCUT2D eigenvalue weighted by Gasteiger charge is 2.49. The molecule has 0 bridgehead atoms. The van der Waals surface area contributed by atoms with E-state index in [1.807, 2.05) is 0 Å². The van der Waals surface area contributed by atoms with Gasteiger partial charge < -0.3 is 0 Å². The van der Waals surface area contributed by atoms with Gasteiger partial charge in [-0.1, -0.05) is 54.6 Å². The van der Waals surface area contributed by atoms with Crippen LogP contribution in [0.5, 0.6) is 0 Å². The van der Waals surface area contributed by atoms with Crippen molar-refractivity contribution < 1.29 is 14.5 Å². The molecule has 3 atom stereocenters. The summed E-state index contributed by atoms with van der Waals surface area (Å²) in [4.78, 5) is 42.0. The van der Waals surface area contributed by atoms with Crippen LogP contribution in [0.25, 0.3) is 0 Å². The lowest BCUT2D eigenvalue weighted by atomic mass is 9.70. The fraction of sp³-hybridized carbons (Fsp3) is 0.286. The summed E-state index contributed by atoms with van der Waals surface area (Å²) < 4.78 is 0. The molecule has 0 N–H and O–H groups in total. The van der Waals surface area contributed by atoms with Gasteiger partial charge in [-0.3, -0.25) is 24.7 Å². The minimum absolute atomic E-state index is 0.0955. The van der Waals surface area contributed by atoms with E-state index in [1.54, 1.807) is 60.9 Å². The van der Waals surface area contributed by atoms with E-state index in [4.69, 9.17) is 0 Å². The molecule has 3 unspecified atom stereocenters. The maximum atomic E-state index is 13.3. The van der Waals surface area contributed by atoms with Gasteiger partial charge in [0.15, 0.2) is 5.78 Å². The van der Waals surface area contributed by atoms with Gasteiger partial charge in [0.25, 0.3) is 6.04 Å². The molecule has 7 heteroatoms. The number of nitro groups is 1. The Labute approximate surface area is 167 Å². The summed E-state index contributed by atoms with van der Waals surface area (Å²) in [7, 11) is 1.49. The summed E-state index contributed by atoms with van der Waals surface area (Å²) in [5.41, 5.74) is 1.73. The number of carbonyl (C=O) groups excluding carboxylic acids is 2. The van der Waals surface area contributed by atoms with Crippen LogP contribution in [-0.2, 0) is 11.2 Å². The predicted octanol–water partition coefficient (Wildman–Crippen LogP) is 3.43. The first-order valence-corrected chi connectivity index (χ1v) is 10.1. The number of nitrogens with zero attached hydrogens (tertiary/aromatic N) is 2. The predicted molar refractivity (Wildman–Crippen MR) is 110 cm³/mol. The van der Waals surface area contributed by atoms with Crippen molar-refractivity contribution in [1.82, 2.24) is 0 Å². The molecule has 2 aromatic rings. The van der Waals surface area contributed by atoms with Crippen molar-refractivity contribution in [3.8, 4) is 0 Å². The van der Waals surface area contributed by atoms with E-state index < -0.39 is 22.8 Å². The number of hydrogen-bond acceptors (Lipinski definition) is 6.